The van der Waals surface area contributed by atoms with Gasteiger partial charge in [0.15, 0.2) is 11.5 Å². The van der Waals surface area contributed by atoms with Crippen LogP contribution in [-0.4, -0.2) is 30.9 Å². The normalized spacial score (nSPS) is 14.5. The van der Waals surface area contributed by atoms with E-state index in [4.69, 9.17) is 9.47 Å². The van der Waals surface area contributed by atoms with E-state index in [1.807, 2.05) is 19.1 Å². The Hall–Kier alpha value is -2.82. The van der Waals surface area contributed by atoms with Crippen LogP contribution in [0.5, 0.6) is 11.5 Å². The molecule has 0 aliphatic carbocycles. The van der Waals surface area contributed by atoms with Crippen LogP contribution in [-0.2, 0) is 0 Å². The Morgan fingerprint density at radius 1 is 0.917 bits per heavy atom. The first kappa shape index (κ1) is 16.1. The van der Waals surface area contributed by atoms with E-state index in [1.165, 1.54) is 4.90 Å². The van der Waals surface area contributed by atoms with Gasteiger partial charge in [-0.15, -0.1) is 0 Å². The number of amides is 2. The second-order valence-electron chi connectivity index (χ2n) is 5.56. The van der Waals surface area contributed by atoms with Crippen molar-refractivity contribution in [1.82, 2.24) is 4.90 Å². The minimum absolute atomic E-state index is 0.253. The Kier molecular flexibility index (Phi) is 4.25. The van der Waals surface area contributed by atoms with Crippen LogP contribution in [0.4, 0.5) is 0 Å². The van der Waals surface area contributed by atoms with Gasteiger partial charge in [-0.2, -0.15) is 0 Å². The Balaban J connectivity index is 2.02. The smallest absolute Gasteiger partial charge is 0.262 e. The first-order valence-electron chi connectivity index (χ1n) is 7.81. The molecule has 1 atom stereocenters. The molecule has 1 unspecified atom stereocenters. The molecular formula is C19H19NO4. The number of carbonyl (C=O) groups excluding carboxylic acids is 2. The summed E-state index contributed by atoms with van der Waals surface area (Å²) in [6.45, 7) is 1.95. The maximum Gasteiger partial charge on any atom is 0.262 e. The maximum atomic E-state index is 12.7. The number of rotatable bonds is 5. The van der Waals surface area contributed by atoms with Crippen molar-refractivity contribution in [3.8, 4) is 11.5 Å². The summed E-state index contributed by atoms with van der Waals surface area (Å²) in [6.07, 6.45) is 0.612. The van der Waals surface area contributed by atoms with Crippen LogP contribution in [0.2, 0.25) is 0 Å². The van der Waals surface area contributed by atoms with Gasteiger partial charge in [0.1, 0.15) is 0 Å². The standard InChI is InChI=1S/C19H19NO4/c1-4-15(12-9-10-16(23-2)17(11-12)24-3)20-18(21)13-7-5-6-8-14(13)19(20)22/h5-11,15H,4H2,1-3H3. The lowest BCUT2D eigenvalue weighted by Crippen LogP contribution is -2.33. The molecule has 0 aromatic heterocycles. The number of ether oxygens (including phenoxy) is 2. The van der Waals surface area contributed by atoms with E-state index in [0.29, 0.717) is 29.0 Å². The lowest BCUT2D eigenvalue weighted by atomic mass is 10.0. The molecule has 24 heavy (non-hydrogen) atoms. The molecule has 2 aromatic rings. The zero-order chi connectivity index (χ0) is 17.3. The number of methoxy groups -OCH3 is 2. The summed E-state index contributed by atoms with van der Waals surface area (Å²) in [7, 11) is 3.13. The molecule has 0 saturated heterocycles. The molecule has 1 aliphatic rings. The monoisotopic (exact) mass is 325 g/mol. The van der Waals surface area contributed by atoms with Crippen molar-refractivity contribution < 1.29 is 19.1 Å². The van der Waals surface area contributed by atoms with E-state index in [9.17, 15) is 9.59 Å². The minimum Gasteiger partial charge on any atom is -0.493 e. The molecule has 0 N–H and O–H groups in total. The van der Waals surface area contributed by atoms with Crippen LogP contribution >= 0.6 is 0 Å². The fourth-order valence-electron chi connectivity index (χ4n) is 3.12. The van der Waals surface area contributed by atoms with Gasteiger partial charge in [-0.3, -0.25) is 14.5 Å². The molecular weight excluding hydrogens is 306 g/mol. The molecule has 124 valence electrons. The Morgan fingerprint density at radius 3 is 2.00 bits per heavy atom. The summed E-state index contributed by atoms with van der Waals surface area (Å²) in [5.74, 6) is 0.679. The second-order valence-corrected chi connectivity index (χ2v) is 5.56. The van der Waals surface area contributed by atoms with Crippen molar-refractivity contribution in [2.24, 2.45) is 0 Å². The van der Waals surface area contributed by atoms with Crippen LogP contribution in [0.15, 0.2) is 42.5 Å². The van der Waals surface area contributed by atoms with E-state index < -0.39 is 0 Å². The molecule has 1 heterocycles. The van der Waals surface area contributed by atoms with Gasteiger partial charge < -0.3 is 9.47 Å². The van der Waals surface area contributed by atoms with Gasteiger partial charge in [-0.1, -0.05) is 25.1 Å². The van der Waals surface area contributed by atoms with Crippen LogP contribution in [0.3, 0.4) is 0 Å². The highest BCUT2D eigenvalue weighted by Gasteiger charge is 2.39. The number of benzene rings is 2. The minimum atomic E-state index is -0.350. The van der Waals surface area contributed by atoms with Crippen molar-refractivity contribution in [3.05, 3.63) is 59.2 Å². The van der Waals surface area contributed by atoms with E-state index in [-0.39, 0.29) is 17.9 Å². The molecule has 5 nitrogen and oxygen atoms in total. The third-order valence-electron chi connectivity index (χ3n) is 4.32. The second kappa shape index (κ2) is 6.35. The summed E-state index contributed by atoms with van der Waals surface area (Å²) >= 11 is 0. The van der Waals surface area contributed by atoms with Gasteiger partial charge >= 0.3 is 0 Å². The number of hydrogen-bond acceptors (Lipinski definition) is 4. The largest absolute Gasteiger partial charge is 0.493 e. The molecule has 2 aromatic carbocycles. The van der Waals surface area contributed by atoms with Crippen LogP contribution in [0.25, 0.3) is 0 Å². The lowest BCUT2D eigenvalue weighted by molar-refractivity contribution is 0.0577. The van der Waals surface area contributed by atoms with E-state index >= 15 is 0 Å². The van der Waals surface area contributed by atoms with E-state index in [1.54, 1.807) is 44.6 Å². The van der Waals surface area contributed by atoms with E-state index in [0.717, 1.165) is 5.56 Å². The van der Waals surface area contributed by atoms with Crippen molar-refractivity contribution in [2.45, 2.75) is 19.4 Å². The number of nitrogens with zero attached hydrogens (tertiary/aromatic N) is 1. The third-order valence-corrected chi connectivity index (χ3v) is 4.32. The number of hydrogen-bond donors (Lipinski definition) is 0. The lowest BCUT2D eigenvalue weighted by Gasteiger charge is -2.26. The summed E-state index contributed by atoms with van der Waals surface area (Å²) in [5, 5.41) is 0. The van der Waals surface area contributed by atoms with Crippen molar-refractivity contribution in [1.29, 1.82) is 0 Å². The molecule has 0 fully saturated rings. The van der Waals surface area contributed by atoms with Crippen molar-refractivity contribution in [3.63, 3.8) is 0 Å². The first-order valence-corrected chi connectivity index (χ1v) is 7.81. The molecule has 2 amide bonds. The van der Waals surface area contributed by atoms with Gasteiger partial charge in [0, 0.05) is 0 Å². The number of carbonyl (C=O) groups is 2. The molecule has 0 radical (unpaired) electrons. The predicted octanol–water partition coefficient (Wildman–Crippen LogP) is 3.45. The number of fused-ring (bicyclic) bond motifs is 1. The molecule has 0 spiro atoms. The van der Waals surface area contributed by atoms with Crippen LogP contribution in [0, 0.1) is 0 Å². The highest BCUT2D eigenvalue weighted by atomic mass is 16.5. The van der Waals surface area contributed by atoms with Crippen molar-refractivity contribution >= 4 is 11.8 Å². The zero-order valence-electron chi connectivity index (χ0n) is 13.9. The molecule has 1 aliphatic heterocycles. The Bertz CT molecular complexity index is 765. The SMILES string of the molecule is CCC(c1ccc(OC)c(OC)c1)N1C(=O)c2ccccc2C1=O. The predicted molar refractivity (Wildman–Crippen MR) is 89.5 cm³/mol. The summed E-state index contributed by atoms with van der Waals surface area (Å²) in [5.41, 5.74) is 1.76. The summed E-state index contributed by atoms with van der Waals surface area (Å²) < 4.78 is 10.6. The van der Waals surface area contributed by atoms with Crippen LogP contribution in [0.1, 0.15) is 45.7 Å². The Labute approximate surface area is 140 Å². The topological polar surface area (TPSA) is 55.8 Å². The molecule has 0 bridgehead atoms. The van der Waals surface area contributed by atoms with E-state index in [2.05, 4.69) is 0 Å². The Morgan fingerprint density at radius 2 is 1.50 bits per heavy atom. The molecule has 5 heteroatoms. The van der Waals surface area contributed by atoms with Crippen LogP contribution < -0.4 is 9.47 Å². The molecule has 3 rings (SSSR count). The maximum absolute atomic E-state index is 12.7. The van der Waals surface area contributed by atoms with Crippen molar-refractivity contribution in [2.75, 3.05) is 14.2 Å². The average Bonchev–Trinajstić information content (AvgIpc) is 2.88. The van der Waals surface area contributed by atoms with Gasteiger partial charge in [0.05, 0.1) is 31.4 Å². The highest BCUT2D eigenvalue weighted by molar-refractivity contribution is 6.21. The highest BCUT2D eigenvalue weighted by Crippen LogP contribution is 2.37. The first-order chi connectivity index (χ1) is 11.6. The fraction of sp³-hybridized carbons (Fsp3) is 0.263. The van der Waals surface area contributed by atoms with Gasteiger partial charge in [-0.25, -0.2) is 0 Å². The van der Waals surface area contributed by atoms with Gasteiger partial charge in [0.25, 0.3) is 11.8 Å². The third kappa shape index (κ3) is 2.42. The molecule has 0 saturated carbocycles. The average molecular weight is 325 g/mol. The summed E-state index contributed by atoms with van der Waals surface area (Å²) in [4.78, 5) is 26.8. The fourth-order valence-corrected chi connectivity index (χ4v) is 3.12. The van der Waals surface area contributed by atoms with Gasteiger partial charge in [0.2, 0.25) is 0 Å². The quantitative estimate of drug-likeness (QED) is 0.790. The number of imide groups is 1. The summed E-state index contributed by atoms with van der Waals surface area (Å²) in [6, 6.07) is 12.0. The van der Waals surface area contributed by atoms with Gasteiger partial charge in [-0.05, 0) is 36.2 Å². The zero-order valence-corrected chi connectivity index (χ0v) is 13.9.